The van der Waals surface area contributed by atoms with Crippen LogP contribution in [-0.2, 0) is 11.3 Å². The molecule has 1 amide bonds. The third-order valence-corrected chi connectivity index (χ3v) is 8.06. The summed E-state index contributed by atoms with van der Waals surface area (Å²) in [6, 6.07) is 14.5. The molecule has 3 atom stereocenters. The summed E-state index contributed by atoms with van der Waals surface area (Å²) in [7, 11) is 0. The minimum Gasteiger partial charge on any atom is -0.335 e. The molecule has 4 aliphatic rings. The van der Waals surface area contributed by atoms with E-state index in [-0.39, 0.29) is 23.7 Å². The average molecular weight is 429 g/mol. The second-order valence-electron chi connectivity index (χ2n) is 9.69. The van der Waals surface area contributed by atoms with E-state index in [1.54, 1.807) is 0 Å². The molecule has 2 unspecified atom stereocenters. The molecule has 2 heterocycles. The van der Waals surface area contributed by atoms with Crippen LogP contribution in [0.5, 0.6) is 0 Å². The standard InChI is InChI=1S/C26H25FN4O/c27-22-4-2-17(3-5-22)24-7-8-30(24)26(32)23-12-21(18-10-19(23)11-18)15-31-25-6-1-16(13-28)9-20(25)14-29-31/h1-6,9,14,18-19,21,23-24H,7-8,10-12,15H2/t18?,19?,21?,23-,24?/m0/s1. The van der Waals surface area contributed by atoms with Crippen molar-refractivity contribution in [3.05, 3.63) is 65.6 Å². The smallest absolute Gasteiger partial charge is 0.226 e. The van der Waals surface area contributed by atoms with E-state index in [1.165, 1.54) is 12.1 Å². The molecule has 2 aromatic carbocycles. The van der Waals surface area contributed by atoms with Crippen molar-refractivity contribution in [2.45, 2.75) is 38.3 Å². The summed E-state index contributed by atoms with van der Waals surface area (Å²) in [5, 5.41) is 14.7. The molecule has 2 bridgehead atoms. The lowest BCUT2D eigenvalue weighted by molar-refractivity contribution is -0.154. The van der Waals surface area contributed by atoms with E-state index in [4.69, 9.17) is 5.26 Å². The molecule has 0 radical (unpaired) electrons. The number of aromatic nitrogens is 2. The number of benzene rings is 2. The Morgan fingerprint density at radius 2 is 1.94 bits per heavy atom. The number of carbonyl (C=O) groups excluding carboxylic acids is 1. The van der Waals surface area contributed by atoms with Crippen molar-refractivity contribution in [2.75, 3.05) is 6.54 Å². The number of likely N-dealkylation sites (tertiary alicyclic amines) is 1. The third kappa shape index (κ3) is 3.10. The van der Waals surface area contributed by atoms with Gasteiger partial charge >= 0.3 is 0 Å². The van der Waals surface area contributed by atoms with Crippen molar-refractivity contribution in [1.82, 2.24) is 14.7 Å². The van der Waals surface area contributed by atoms with Crippen molar-refractivity contribution < 1.29 is 9.18 Å². The Labute approximate surface area is 186 Å². The summed E-state index contributed by atoms with van der Waals surface area (Å²) >= 11 is 0. The van der Waals surface area contributed by atoms with Crippen LogP contribution in [0.2, 0.25) is 0 Å². The Bertz CT molecular complexity index is 1220. The molecule has 3 saturated carbocycles. The van der Waals surface area contributed by atoms with Gasteiger partial charge in [-0.25, -0.2) is 4.39 Å². The van der Waals surface area contributed by atoms with Crippen molar-refractivity contribution in [3.63, 3.8) is 0 Å². The minimum atomic E-state index is -0.239. The van der Waals surface area contributed by atoms with Crippen LogP contribution in [0.3, 0.4) is 0 Å². The SMILES string of the molecule is N#Cc1ccc2c(cnn2CC2C[C@H](C(=O)N3CCC3c3ccc(F)cc3)C3CC2C3)c1. The first kappa shape index (κ1) is 19.5. The molecule has 0 spiro atoms. The third-order valence-electron chi connectivity index (χ3n) is 8.06. The maximum absolute atomic E-state index is 13.5. The number of rotatable bonds is 4. The Kier molecular flexibility index (Phi) is 4.53. The van der Waals surface area contributed by atoms with E-state index in [1.807, 2.05) is 46.1 Å². The van der Waals surface area contributed by atoms with Gasteiger partial charge in [-0.15, -0.1) is 0 Å². The fourth-order valence-corrected chi connectivity index (χ4v) is 6.08. The lowest BCUT2D eigenvalue weighted by Crippen LogP contribution is -2.54. The fraction of sp³-hybridized carbons (Fsp3) is 0.423. The summed E-state index contributed by atoms with van der Waals surface area (Å²) in [5.74, 6) is 1.74. The summed E-state index contributed by atoms with van der Waals surface area (Å²) in [6.07, 6.45) is 5.96. The quantitative estimate of drug-likeness (QED) is 0.606. The van der Waals surface area contributed by atoms with Crippen molar-refractivity contribution in [3.8, 4) is 6.07 Å². The van der Waals surface area contributed by atoms with Gasteiger partial charge in [0.1, 0.15) is 5.82 Å². The number of hydrogen-bond acceptors (Lipinski definition) is 3. The highest BCUT2D eigenvalue weighted by molar-refractivity contribution is 5.81. The van der Waals surface area contributed by atoms with Gasteiger partial charge in [-0.05, 0) is 79.3 Å². The largest absolute Gasteiger partial charge is 0.335 e. The Hall–Kier alpha value is -3.20. The maximum atomic E-state index is 13.5. The average Bonchev–Trinajstić information content (AvgIpc) is 3.15. The molecule has 1 saturated heterocycles. The van der Waals surface area contributed by atoms with Crippen LogP contribution in [0.4, 0.5) is 4.39 Å². The van der Waals surface area contributed by atoms with Crippen molar-refractivity contribution in [1.29, 1.82) is 5.26 Å². The summed E-state index contributed by atoms with van der Waals surface area (Å²) < 4.78 is 15.4. The van der Waals surface area contributed by atoms with Crippen LogP contribution in [0, 0.1) is 40.8 Å². The van der Waals surface area contributed by atoms with Crippen molar-refractivity contribution >= 4 is 16.8 Å². The predicted octanol–water partition coefficient (Wildman–Crippen LogP) is 4.68. The summed E-state index contributed by atoms with van der Waals surface area (Å²) in [4.78, 5) is 15.5. The molecule has 7 rings (SSSR count). The van der Waals surface area contributed by atoms with Gasteiger partial charge in [0.05, 0.1) is 29.4 Å². The van der Waals surface area contributed by atoms with Gasteiger partial charge in [0.2, 0.25) is 5.91 Å². The van der Waals surface area contributed by atoms with E-state index < -0.39 is 0 Å². The molecule has 32 heavy (non-hydrogen) atoms. The Morgan fingerprint density at radius 3 is 2.66 bits per heavy atom. The van der Waals surface area contributed by atoms with E-state index in [0.29, 0.717) is 23.3 Å². The normalized spacial score (nSPS) is 28.6. The zero-order valence-electron chi connectivity index (χ0n) is 17.8. The molecule has 1 aromatic heterocycles. The lowest BCUT2D eigenvalue weighted by Gasteiger charge is -2.53. The van der Waals surface area contributed by atoms with Crippen LogP contribution in [0.1, 0.15) is 42.9 Å². The van der Waals surface area contributed by atoms with E-state index in [0.717, 1.165) is 55.2 Å². The highest BCUT2D eigenvalue weighted by Crippen LogP contribution is 2.54. The number of amides is 1. The number of nitrogens with zero attached hydrogens (tertiary/aromatic N) is 4. The topological polar surface area (TPSA) is 61.9 Å². The summed E-state index contributed by atoms with van der Waals surface area (Å²) in [6.45, 7) is 1.61. The number of fused-ring (bicyclic) bond motifs is 3. The second kappa shape index (κ2) is 7.44. The molecule has 0 N–H and O–H groups in total. The summed E-state index contributed by atoms with van der Waals surface area (Å²) in [5.41, 5.74) is 2.73. The Morgan fingerprint density at radius 1 is 1.12 bits per heavy atom. The molecule has 4 fully saturated rings. The zero-order chi connectivity index (χ0) is 21.8. The first-order chi connectivity index (χ1) is 15.6. The minimum absolute atomic E-state index is 0.0836. The molecule has 6 heteroatoms. The van der Waals surface area contributed by atoms with Crippen LogP contribution in [0.25, 0.3) is 10.9 Å². The Balaban J connectivity index is 1.18. The maximum Gasteiger partial charge on any atom is 0.226 e. The van der Waals surface area contributed by atoms with Crippen LogP contribution in [0.15, 0.2) is 48.7 Å². The first-order valence-electron chi connectivity index (χ1n) is 11.5. The van der Waals surface area contributed by atoms with Gasteiger partial charge in [-0.3, -0.25) is 9.48 Å². The van der Waals surface area contributed by atoms with Gasteiger partial charge in [0.15, 0.2) is 0 Å². The van der Waals surface area contributed by atoms with Gasteiger partial charge in [0, 0.05) is 24.4 Å². The molecule has 5 nitrogen and oxygen atoms in total. The van der Waals surface area contributed by atoms with Gasteiger partial charge < -0.3 is 4.90 Å². The number of hydrogen-bond donors (Lipinski definition) is 0. The predicted molar refractivity (Wildman–Crippen MR) is 118 cm³/mol. The molecule has 162 valence electrons. The van der Waals surface area contributed by atoms with Crippen LogP contribution < -0.4 is 0 Å². The van der Waals surface area contributed by atoms with E-state index >= 15 is 0 Å². The number of nitriles is 1. The molecular formula is C26H25FN4O. The highest BCUT2D eigenvalue weighted by Gasteiger charge is 2.51. The highest BCUT2D eigenvalue weighted by atomic mass is 19.1. The van der Waals surface area contributed by atoms with Crippen LogP contribution >= 0.6 is 0 Å². The van der Waals surface area contributed by atoms with Crippen LogP contribution in [-0.4, -0.2) is 27.1 Å². The van der Waals surface area contributed by atoms with Crippen molar-refractivity contribution in [2.24, 2.45) is 23.7 Å². The molecule has 1 aliphatic heterocycles. The monoisotopic (exact) mass is 428 g/mol. The lowest BCUT2D eigenvalue weighted by atomic mass is 9.55. The fourth-order valence-electron chi connectivity index (χ4n) is 6.08. The number of halogens is 1. The molecule has 3 aromatic rings. The van der Waals surface area contributed by atoms with E-state index in [2.05, 4.69) is 11.2 Å². The first-order valence-corrected chi connectivity index (χ1v) is 11.5. The van der Waals surface area contributed by atoms with E-state index in [9.17, 15) is 9.18 Å². The van der Waals surface area contributed by atoms with Gasteiger partial charge in [-0.2, -0.15) is 10.4 Å². The van der Waals surface area contributed by atoms with Gasteiger partial charge in [-0.1, -0.05) is 12.1 Å². The zero-order valence-corrected chi connectivity index (χ0v) is 17.8. The second-order valence-corrected chi connectivity index (χ2v) is 9.69. The van der Waals surface area contributed by atoms with Gasteiger partial charge in [0.25, 0.3) is 0 Å². The number of carbonyl (C=O) groups is 1. The molecular weight excluding hydrogens is 403 g/mol. The molecule has 3 aliphatic carbocycles.